The summed E-state index contributed by atoms with van der Waals surface area (Å²) in [6.07, 6.45) is 1.80. The third-order valence-corrected chi connectivity index (χ3v) is 3.00. The molecule has 0 bridgehead atoms. The number of anilines is 1. The number of H-pyrrole nitrogens is 1. The standard InChI is InChI=1S/C10H14N6S/c1-4-11-9-12-5-6(2)8(14-9)17-10-13-7(3)15-16-10/h5H,4H2,1-3H3,(H,11,12,14)(H,13,15,16). The summed E-state index contributed by atoms with van der Waals surface area (Å²) in [5.74, 6) is 1.43. The van der Waals surface area contributed by atoms with E-state index in [1.165, 1.54) is 11.8 Å². The van der Waals surface area contributed by atoms with Gasteiger partial charge in [-0.3, -0.25) is 5.10 Å². The van der Waals surface area contributed by atoms with Crippen molar-refractivity contribution in [3.63, 3.8) is 0 Å². The van der Waals surface area contributed by atoms with Crippen LogP contribution in [0.3, 0.4) is 0 Å². The molecule has 0 saturated carbocycles. The van der Waals surface area contributed by atoms with Crippen LogP contribution in [-0.4, -0.2) is 31.7 Å². The first-order valence-corrected chi connectivity index (χ1v) is 6.15. The fourth-order valence-electron chi connectivity index (χ4n) is 1.23. The van der Waals surface area contributed by atoms with Crippen LogP contribution in [0.15, 0.2) is 16.4 Å². The summed E-state index contributed by atoms with van der Waals surface area (Å²) in [7, 11) is 0. The second-order valence-electron chi connectivity index (χ2n) is 3.52. The minimum absolute atomic E-state index is 0.632. The van der Waals surface area contributed by atoms with Gasteiger partial charge in [-0.1, -0.05) is 0 Å². The SMILES string of the molecule is CCNc1ncc(C)c(Sc2n[nH]c(C)n2)n1. The topological polar surface area (TPSA) is 79.4 Å². The number of aryl methyl sites for hydroxylation is 2. The van der Waals surface area contributed by atoms with Crippen molar-refractivity contribution in [2.24, 2.45) is 0 Å². The molecule has 0 unspecified atom stereocenters. The van der Waals surface area contributed by atoms with E-state index in [2.05, 4.69) is 30.5 Å². The molecule has 6 nitrogen and oxygen atoms in total. The molecular weight excluding hydrogens is 236 g/mol. The van der Waals surface area contributed by atoms with Crippen LogP contribution in [-0.2, 0) is 0 Å². The quantitative estimate of drug-likeness (QED) is 0.805. The Morgan fingerprint density at radius 3 is 2.82 bits per heavy atom. The summed E-state index contributed by atoms with van der Waals surface area (Å²) in [5.41, 5.74) is 1.01. The van der Waals surface area contributed by atoms with Gasteiger partial charge in [0.1, 0.15) is 10.9 Å². The Morgan fingerprint density at radius 2 is 2.18 bits per heavy atom. The van der Waals surface area contributed by atoms with Gasteiger partial charge >= 0.3 is 0 Å². The Morgan fingerprint density at radius 1 is 1.35 bits per heavy atom. The normalized spacial score (nSPS) is 10.5. The van der Waals surface area contributed by atoms with Crippen molar-refractivity contribution in [1.82, 2.24) is 25.1 Å². The number of aromatic nitrogens is 5. The predicted octanol–water partition coefficient (Wildman–Crippen LogP) is 1.79. The van der Waals surface area contributed by atoms with Crippen LogP contribution in [0.4, 0.5) is 5.95 Å². The van der Waals surface area contributed by atoms with E-state index in [1.54, 1.807) is 6.20 Å². The van der Waals surface area contributed by atoms with Crippen molar-refractivity contribution >= 4 is 17.7 Å². The highest BCUT2D eigenvalue weighted by Gasteiger charge is 2.08. The van der Waals surface area contributed by atoms with Crippen molar-refractivity contribution in [3.8, 4) is 0 Å². The number of rotatable bonds is 4. The molecule has 7 heteroatoms. The summed E-state index contributed by atoms with van der Waals surface area (Å²) in [4.78, 5) is 12.8. The van der Waals surface area contributed by atoms with Crippen LogP contribution < -0.4 is 5.32 Å². The van der Waals surface area contributed by atoms with Gasteiger partial charge in [0.15, 0.2) is 0 Å². The summed E-state index contributed by atoms with van der Waals surface area (Å²) in [6.45, 7) is 6.65. The predicted molar refractivity (Wildman–Crippen MR) is 66.2 cm³/mol. The van der Waals surface area contributed by atoms with Crippen molar-refractivity contribution in [2.45, 2.75) is 31.0 Å². The van der Waals surface area contributed by atoms with Crippen molar-refractivity contribution in [3.05, 3.63) is 17.6 Å². The molecule has 90 valence electrons. The van der Waals surface area contributed by atoms with E-state index in [0.717, 1.165) is 23.0 Å². The van der Waals surface area contributed by atoms with Crippen molar-refractivity contribution in [2.75, 3.05) is 11.9 Å². The van der Waals surface area contributed by atoms with Gasteiger partial charge in [0.25, 0.3) is 0 Å². The molecule has 0 aliphatic rings. The van der Waals surface area contributed by atoms with Gasteiger partial charge in [-0.25, -0.2) is 15.0 Å². The number of aromatic amines is 1. The smallest absolute Gasteiger partial charge is 0.223 e. The molecule has 2 aromatic rings. The largest absolute Gasteiger partial charge is 0.354 e. The number of hydrogen-bond donors (Lipinski definition) is 2. The van der Waals surface area contributed by atoms with Crippen LogP contribution in [0.2, 0.25) is 0 Å². The number of nitrogens with one attached hydrogen (secondary N) is 2. The molecule has 0 atom stereocenters. The molecule has 2 N–H and O–H groups in total. The molecule has 2 aromatic heterocycles. The Balaban J connectivity index is 2.22. The lowest BCUT2D eigenvalue weighted by Crippen LogP contribution is -2.03. The maximum atomic E-state index is 4.41. The van der Waals surface area contributed by atoms with E-state index < -0.39 is 0 Å². The first kappa shape index (κ1) is 11.8. The molecule has 0 saturated heterocycles. The molecule has 0 aliphatic carbocycles. The Kier molecular flexibility index (Phi) is 3.58. The summed E-state index contributed by atoms with van der Waals surface area (Å²) < 4.78 is 0. The highest BCUT2D eigenvalue weighted by molar-refractivity contribution is 7.99. The van der Waals surface area contributed by atoms with E-state index in [-0.39, 0.29) is 0 Å². The zero-order chi connectivity index (χ0) is 12.3. The Bertz CT molecular complexity index is 509. The summed E-state index contributed by atoms with van der Waals surface area (Å²) in [6, 6.07) is 0. The van der Waals surface area contributed by atoms with Crippen LogP contribution in [0.5, 0.6) is 0 Å². The molecule has 2 rings (SSSR count). The zero-order valence-corrected chi connectivity index (χ0v) is 10.8. The maximum Gasteiger partial charge on any atom is 0.223 e. The Hall–Kier alpha value is -1.63. The molecule has 0 radical (unpaired) electrons. The van der Waals surface area contributed by atoms with Gasteiger partial charge in [0, 0.05) is 18.3 Å². The fraction of sp³-hybridized carbons (Fsp3) is 0.400. The third kappa shape index (κ3) is 2.94. The fourth-order valence-corrected chi connectivity index (χ4v) is 2.02. The second-order valence-corrected chi connectivity index (χ2v) is 4.47. The molecule has 2 heterocycles. The lowest BCUT2D eigenvalue weighted by molar-refractivity contribution is 0.948. The molecular formula is C10H14N6S. The van der Waals surface area contributed by atoms with E-state index in [0.29, 0.717) is 11.1 Å². The Labute approximate surface area is 104 Å². The average Bonchev–Trinajstić information content (AvgIpc) is 2.69. The van der Waals surface area contributed by atoms with Crippen LogP contribution in [0, 0.1) is 13.8 Å². The molecule has 0 aromatic carbocycles. The highest BCUT2D eigenvalue weighted by atomic mass is 32.2. The first-order valence-electron chi connectivity index (χ1n) is 5.33. The van der Waals surface area contributed by atoms with Crippen molar-refractivity contribution < 1.29 is 0 Å². The minimum Gasteiger partial charge on any atom is -0.354 e. The van der Waals surface area contributed by atoms with Crippen molar-refractivity contribution in [1.29, 1.82) is 0 Å². The van der Waals surface area contributed by atoms with E-state index in [9.17, 15) is 0 Å². The molecule has 0 spiro atoms. The lowest BCUT2D eigenvalue weighted by atomic mass is 10.4. The zero-order valence-electron chi connectivity index (χ0n) is 9.98. The number of hydrogen-bond acceptors (Lipinski definition) is 6. The van der Waals surface area contributed by atoms with E-state index >= 15 is 0 Å². The third-order valence-electron chi connectivity index (χ3n) is 2.02. The second kappa shape index (κ2) is 5.13. The van der Waals surface area contributed by atoms with Crippen LogP contribution in [0.1, 0.15) is 18.3 Å². The van der Waals surface area contributed by atoms with Gasteiger partial charge in [-0.05, 0) is 32.5 Å². The molecule has 0 aliphatic heterocycles. The summed E-state index contributed by atoms with van der Waals surface area (Å²) in [5, 5.41) is 11.5. The average molecular weight is 250 g/mol. The van der Waals surface area contributed by atoms with E-state index in [4.69, 9.17) is 0 Å². The van der Waals surface area contributed by atoms with Gasteiger partial charge in [0.05, 0.1) is 0 Å². The monoisotopic (exact) mass is 250 g/mol. The molecule has 0 fully saturated rings. The van der Waals surface area contributed by atoms with E-state index in [1.807, 2.05) is 20.8 Å². The van der Waals surface area contributed by atoms with Crippen LogP contribution >= 0.6 is 11.8 Å². The number of nitrogens with zero attached hydrogens (tertiary/aromatic N) is 4. The van der Waals surface area contributed by atoms with Gasteiger partial charge in [0.2, 0.25) is 11.1 Å². The van der Waals surface area contributed by atoms with Gasteiger partial charge in [-0.2, -0.15) is 0 Å². The highest BCUT2D eigenvalue weighted by Crippen LogP contribution is 2.25. The van der Waals surface area contributed by atoms with Crippen LogP contribution in [0.25, 0.3) is 0 Å². The molecule has 17 heavy (non-hydrogen) atoms. The van der Waals surface area contributed by atoms with Gasteiger partial charge in [-0.15, -0.1) is 5.10 Å². The first-order chi connectivity index (χ1) is 8.19. The van der Waals surface area contributed by atoms with Gasteiger partial charge < -0.3 is 5.32 Å². The summed E-state index contributed by atoms with van der Waals surface area (Å²) >= 11 is 1.43. The maximum absolute atomic E-state index is 4.41. The lowest BCUT2D eigenvalue weighted by Gasteiger charge is -2.05. The minimum atomic E-state index is 0.632. The molecule has 0 amide bonds.